The summed E-state index contributed by atoms with van der Waals surface area (Å²) >= 11 is 1.39. The molecule has 0 unspecified atom stereocenters. The Morgan fingerprint density at radius 3 is 2.47 bits per heavy atom. The second-order valence-corrected chi connectivity index (χ2v) is 6.99. The smallest absolute Gasteiger partial charge is 0.416 e. The van der Waals surface area contributed by atoms with Crippen LogP contribution in [0.3, 0.4) is 0 Å². The van der Waals surface area contributed by atoms with Crippen LogP contribution in [-0.2, 0) is 6.18 Å². The number of halogens is 3. The Morgan fingerprint density at radius 2 is 1.73 bits per heavy atom. The topological polar surface area (TPSA) is 56.2 Å². The summed E-state index contributed by atoms with van der Waals surface area (Å²) in [4.78, 5) is 0. The van der Waals surface area contributed by atoms with Gasteiger partial charge in [0.1, 0.15) is 11.5 Å². The van der Waals surface area contributed by atoms with Crippen LogP contribution in [0.5, 0.6) is 0 Å². The Balaban J connectivity index is 1.63. The number of rotatable bonds is 5. The maximum atomic E-state index is 12.9. The fourth-order valence-electron chi connectivity index (χ4n) is 2.80. The van der Waals surface area contributed by atoms with E-state index >= 15 is 0 Å². The van der Waals surface area contributed by atoms with Gasteiger partial charge >= 0.3 is 6.18 Å². The molecule has 152 valence electrons. The second-order valence-electron chi connectivity index (χ2n) is 6.21. The van der Waals surface area contributed by atoms with E-state index in [0.717, 1.165) is 17.7 Å². The van der Waals surface area contributed by atoms with Gasteiger partial charge in [0, 0.05) is 11.1 Å². The summed E-state index contributed by atoms with van der Waals surface area (Å²) in [6.07, 6.45) is -1.07. The Labute approximate surface area is 174 Å². The first kappa shape index (κ1) is 20.0. The zero-order valence-corrected chi connectivity index (χ0v) is 16.5. The van der Waals surface area contributed by atoms with Gasteiger partial charge in [0.25, 0.3) is 0 Å². The van der Waals surface area contributed by atoms with Crippen LogP contribution in [0, 0.1) is 0 Å². The van der Waals surface area contributed by atoms with Gasteiger partial charge in [-0.05, 0) is 30.5 Å². The highest BCUT2D eigenvalue weighted by atomic mass is 32.2. The van der Waals surface area contributed by atoms with Crippen molar-refractivity contribution in [3.05, 3.63) is 78.1 Å². The molecular weight excluding hydrogens is 413 g/mol. The third-order valence-electron chi connectivity index (χ3n) is 4.23. The predicted molar refractivity (Wildman–Crippen MR) is 109 cm³/mol. The third kappa shape index (κ3) is 4.16. The molecule has 0 amide bonds. The Morgan fingerprint density at radius 1 is 0.967 bits per heavy atom. The summed E-state index contributed by atoms with van der Waals surface area (Å²) in [5.41, 5.74) is 0.461. The average molecular weight is 428 g/mol. The SMILES string of the molecule is CSc1nnc(-c2ccccc2)n1/N=C\c1ccc(-c2cccc(C(F)(F)F)c2)o1. The normalized spacial score (nSPS) is 12.0. The number of nitrogens with zero attached hydrogens (tertiary/aromatic N) is 4. The molecule has 2 heterocycles. The molecule has 0 bridgehead atoms. The highest BCUT2D eigenvalue weighted by Gasteiger charge is 2.30. The standard InChI is InChI=1S/C21H15F3N4OS/c1-30-20-27-26-19(14-6-3-2-4-7-14)28(20)25-13-17-10-11-18(29-17)15-8-5-9-16(12-15)21(22,23)24/h2-13H,1H3/b25-13-. The van der Waals surface area contributed by atoms with Crippen LogP contribution >= 0.6 is 11.8 Å². The molecule has 30 heavy (non-hydrogen) atoms. The molecule has 0 atom stereocenters. The van der Waals surface area contributed by atoms with E-state index in [9.17, 15) is 13.2 Å². The summed E-state index contributed by atoms with van der Waals surface area (Å²) in [7, 11) is 0. The molecule has 2 aromatic heterocycles. The Hall–Kier alpha value is -3.33. The van der Waals surface area contributed by atoms with Crippen molar-refractivity contribution in [1.29, 1.82) is 0 Å². The molecule has 0 aliphatic rings. The van der Waals surface area contributed by atoms with Crippen molar-refractivity contribution in [2.45, 2.75) is 11.3 Å². The molecule has 0 N–H and O–H groups in total. The van der Waals surface area contributed by atoms with Crippen molar-refractivity contribution in [3.8, 4) is 22.7 Å². The van der Waals surface area contributed by atoms with Crippen LogP contribution < -0.4 is 0 Å². The lowest BCUT2D eigenvalue weighted by Gasteiger charge is -2.07. The fraction of sp³-hybridized carbons (Fsp3) is 0.0952. The van der Waals surface area contributed by atoms with Crippen molar-refractivity contribution in [1.82, 2.24) is 14.9 Å². The second kappa shape index (κ2) is 8.19. The first-order valence-electron chi connectivity index (χ1n) is 8.82. The van der Waals surface area contributed by atoms with E-state index in [0.29, 0.717) is 28.1 Å². The molecule has 4 aromatic rings. The summed E-state index contributed by atoms with van der Waals surface area (Å²) in [6, 6.07) is 17.7. The van der Waals surface area contributed by atoms with Gasteiger partial charge in [-0.2, -0.15) is 22.9 Å². The zero-order valence-electron chi connectivity index (χ0n) is 15.7. The summed E-state index contributed by atoms with van der Waals surface area (Å²) in [5, 5.41) is 13.3. The number of hydrogen-bond acceptors (Lipinski definition) is 5. The molecule has 0 aliphatic heterocycles. The minimum absolute atomic E-state index is 0.319. The molecule has 0 radical (unpaired) electrons. The van der Waals surface area contributed by atoms with E-state index in [-0.39, 0.29) is 0 Å². The lowest BCUT2D eigenvalue weighted by atomic mass is 10.1. The van der Waals surface area contributed by atoms with Crippen molar-refractivity contribution in [2.75, 3.05) is 6.26 Å². The zero-order chi connectivity index (χ0) is 21.1. The van der Waals surface area contributed by atoms with Gasteiger partial charge in [-0.3, -0.25) is 0 Å². The maximum Gasteiger partial charge on any atom is 0.416 e. The first-order valence-corrected chi connectivity index (χ1v) is 10.0. The van der Waals surface area contributed by atoms with Gasteiger partial charge in [-0.1, -0.05) is 54.2 Å². The van der Waals surface area contributed by atoms with Crippen molar-refractivity contribution < 1.29 is 17.6 Å². The summed E-state index contributed by atoms with van der Waals surface area (Å²) < 4.78 is 46.1. The largest absolute Gasteiger partial charge is 0.455 e. The molecule has 5 nitrogen and oxygen atoms in total. The van der Waals surface area contributed by atoms with Gasteiger partial charge in [0.2, 0.25) is 5.16 Å². The van der Waals surface area contributed by atoms with Crippen molar-refractivity contribution in [3.63, 3.8) is 0 Å². The van der Waals surface area contributed by atoms with Gasteiger partial charge in [0.05, 0.1) is 11.8 Å². The number of alkyl halides is 3. The van der Waals surface area contributed by atoms with Crippen molar-refractivity contribution >= 4 is 18.0 Å². The third-order valence-corrected chi connectivity index (χ3v) is 4.85. The molecule has 0 saturated carbocycles. The van der Waals surface area contributed by atoms with Crippen LogP contribution in [0.15, 0.2) is 81.4 Å². The van der Waals surface area contributed by atoms with Gasteiger partial charge < -0.3 is 4.42 Å². The van der Waals surface area contributed by atoms with Crippen LogP contribution in [0.2, 0.25) is 0 Å². The number of thioether (sulfide) groups is 1. The number of hydrogen-bond donors (Lipinski definition) is 0. The van der Waals surface area contributed by atoms with E-state index in [1.54, 1.807) is 22.9 Å². The first-order chi connectivity index (χ1) is 14.5. The summed E-state index contributed by atoms with van der Waals surface area (Å²) in [5.74, 6) is 1.28. The number of benzene rings is 2. The lowest BCUT2D eigenvalue weighted by molar-refractivity contribution is -0.137. The molecule has 9 heteroatoms. The van der Waals surface area contributed by atoms with E-state index < -0.39 is 11.7 Å². The van der Waals surface area contributed by atoms with Gasteiger partial charge in [0.15, 0.2) is 5.82 Å². The van der Waals surface area contributed by atoms with Gasteiger partial charge in [-0.25, -0.2) is 0 Å². The van der Waals surface area contributed by atoms with Gasteiger partial charge in [-0.15, -0.1) is 10.2 Å². The Bertz CT molecular complexity index is 1180. The van der Waals surface area contributed by atoms with Crippen molar-refractivity contribution in [2.24, 2.45) is 5.10 Å². The molecule has 0 saturated heterocycles. The lowest BCUT2D eigenvalue weighted by Crippen LogP contribution is -2.04. The van der Waals surface area contributed by atoms with Crippen LogP contribution in [0.25, 0.3) is 22.7 Å². The van der Waals surface area contributed by atoms with Crippen LogP contribution in [0.1, 0.15) is 11.3 Å². The maximum absolute atomic E-state index is 12.9. The van der Waals surface area contributed by atoms with E-state index in [1.165, 1.54) is 24.0 Å². The van der Waals surface area contributed by atoms with E-state index in [1.807, 2.05) is 36.6 Å². The highest BCUT2D eigenvalue weighted by Crippen LogP contribution is 2.32. The predicted octanol–water partition coefficient (Wildman–Crippen LogP) is 5.83. The van der Waals surface area contributed by atoms with E-state index in [4.69, 9.17) is 4.42 Å². The van der Waals surface area contributed by atoms with Crippen LogP contribution in [-0.4, -0.2) is 27.3 Å². The summed E-state index contributed by atoms with van der Waals surface area (Å²) in [6.45, 7) is 0. The minimum atomic E-state index is -4.41. The monoisotopic (exact) mass is 428 g/mol. The molecule has 0 aliphatic carbocycles. The molecule has 4 rings (SSSR count). The number of furan rings is 1. The molecular formula is C21H15F3N4OS. The fourth-order valence-corrected chi connectivity index (χ4v) is 3.23. The average Bonchev–Trinajstić information content (AvgIpc) is 3.39. The van der Waals surface area contributed by atoms with Crippen LogP contribution in [0.4, 0.5) is 13.2 Å². The molecule has 2 aromatic carbocycles. The van der Waals surface area contributed by atoms with E-state index in [2.05, 4.69) is 15.3 Å². The molecule has 0 fully saturated rings. The molecule has 0 spiro atoms. The number of aromatic nitrogens is 3. The quantitative estimate of drug-likeness (QED) is 0.297. The minimum Gasteiger partial charge on any atom is -0.455 e. The highest BCUT2D eigenvalue weighted by molar-refractivity contribution is 7.98. The Kier molecular flexibility index (Phi) is 5.45.